The van der Waals surface area contributed by atoms with Gasteiger partial charge in [-0.15, -0.1) is 0 Å². The summed E-state index contributed by atoms with van der Waals surface area (Å²) in [4.78, 5) is 27.2. The van der Waals surface area contributed by atoms with Crippen LogP contribution >= 0.6 is 11.3 Å². The first kappa shape index (κ1) is 14.1. The molecule has 5 heteroatoms. The van der Waals surface area contributed by atoms with E-state index in [0.717, 1.165) is 25.9 Å². The van der Waals surface area contributed by atoms with Gasteiger partial charge < -0.3 is 9.80 Å². The Labute approximate surface area is 118 Å². The van der Waals surface area contributed by atoms with Gasteiger partial charge in [0.2, 0.25) is 11.8 Å². The molecule has 1 aromatic heterocycles. The SMILES string of the molecule is CC(=O)N1CCCN(C(=O)CCc2ccsc2)CC1. The molecule has 2 amide bonds. The van der Waals surface area contributed by atoms with E-state index in [4.69, 9.17) is 0 Å². The van der Waals surface area contributed by atoms with Crippen LogP contribution in [0.2, 0.25) is 0 Å². The summed E-state index contributed by atoms with van der Waals surface area (Å²) in [6.45, 7) is 4.46. The van der Waals surface area contributed by atoms with Crippen molar-refractivity contribution in [1.29, 1.82) is 0 Å². The predicted molar refractivity (Wildman–Crippen MR) is 76.1 cm³/mol. The number of aryl methyl sites for hydroxylation is 1. The van der Waals surface area contributed by atoms with Gasteiger partial charge in [0.15, 0.2) is 0 Å². The number of carbonyl (C=O) groups excluding carboxylic acids is 2. The molecule has 19 heavy (non-hydrogen) atoms. The van der Waals surface area contributed by atoms with Crippen LogP contribution in [-0.4, -0.2) is 47.8 Å². The Bertz CT molecular complexity index is 431. The lowest BCUT2D eigenvalue weighted by Crippen LogP contribution is -2.36. The van der Waals surface area contributed by atoms with Crippen molar-refractivity contribution in [3.05, 3.63) is 22.4 Å². The molecule has 0 bridgehead atoms. The van der Waals surface area contributed by atoms with Gasteiger partial charge in [0.25, 0.3) is 0 Å². The molecule has 1 fully saturated rings. The van der Waals surface area contributed by atoms with E-state index in [1.54, 1.807) is 18.3 Å². The minimum absolute atomic E-state index is 0.104. The number of nitrogens with zero attached hydrogens (tertiary/aromatic N) is 2. The fraction of sp³-hybridized carbons (Fsp3) is 0.571. The number of amides is 2. The molecule has 1 aromatic rings. The zero-order valence-electron chi connectivity index (χ0n) is 11.3. The highest BCUT2D eigenvalue weighted by molar-refractivity contribution is 7.07. The highest BCUT2D eigenvalue weighted by atomic mass is 32.1. The highest BCUT2D eigenvalue weighted by Crippen LogP contribution is 2.11. The van der Waals surface area contributed by atoms with E-state index in [9.17, 15) is 9.59 Å². The molecule has 2 rings (SSSR count). The molecule has 0 aliphatic carbocycles. The van der Waals surface area contributed by atoms with Gasteiger partial charge in [-0.2, -0.15) is 11.3 Å². The summed E-state index contributed by atoms with van der Waals surface area (Å²) in [7, 11) is 0. The number of thiophene rings is 1. The molecular weight excluding hydrogens is 260 g/mol. The lowest BCUT2D eigenvalue weighted by Gasteiger charge is -2.21. The molecule has 0 unspecified atom stereocenters. The Kier molecular flexibility index (Phi) is 4.96. The standard InChI is InChI=1S/C14H20N2O2S/c1-12(17)15-6-2-7-16(9-8-15)14(18)4-3-13-5-10-19-11-13/h5,10-11H,2-4,6-9H2,1H3. The van der Waals surface area contributed by atoms with Gasteiger partial charge in [0, 0.05) is 39.5 Å². The van der Waals surface area contributed by atoms with Crippen LogP contribution in [-0.2, 0) is 16.0 Å². The maximum atomic E-state index is 12.1. The Morgan fingerprint density at radius 1 is 1.21 bits per heavy atom. The summed E-state index contributed by atoms with van der Waals surface area (Å²) in [5.41, 5.74) is 1.23. The van der Waals surface area contributed by atoms with Crippen molar-refractivity contribution >= 4 is 23.2 Å². The molecule has 0 spiro atoms. The first-order valence-electron chi connectivity index (χ1n) is 6.71. The van der Waals surface area contributed by atoms with Crippen molar-refractivity contribution in [2.75, 3.05) is 26.2 Å². The van der Waals surface area contributed by atoms with Crippen molar-refractivity contribution in [2.45, 2.75) is 26.2 Å². The molecule has 0 atom stereocenters. The normalized spacial score (nSPS) is 16.3. The van der Waals surface area contributed by atoms with Gasteiger partial charge in [-0.25, -0.2) is 0 Å². The lowest BCUT2D eigenvalue weighted by atomic mass is 10.2. The summed E-state index contributed by atoms with van der Waals surface area (Å²) in [6.07, 6.45) is 2.26. The van der Waals surface area contributed by atoms with Crippen molar-refractivity contribution in [2.24, 2.45) is 0 Å². The maximum absolute atomic E-state index is 12.1. The molecule has 1 saturated heterocycles. The molecule has 4 nitrogen and oxygen atoms in total. The Hall–Kier alpha value is -1.36. The smallest absolute Gasteiger partial charge is 0.222 e. The van der Waals surface area contributed by atoms with E-state index in [1.807, 2.05) is 15.2 Å². The van der Waals surface area contributed by atoms with Crippen LogP contribution in [0.1, 0.15) is 25.3 Å². The summed E-state index contributed by atoms with van der Waals surface area (Å²) in [6, 6.07) is 2.07. The second-order valence-electron chi connectivity index (χ2n) is 4.87. The molecule has 0 radical (unpaired) electrons. The average molecular weight is 280 g/mol. The largest absolute Gasteiger partial charge is 0.341 e. The van der Waals surface area contributed by atoms with Gasteiger partial charge >= 0.3 is 0 Å². The first-order valence-corrected chi connectivity index (χ1v) is 7.65. The summed E-state index contributed by atoms with van der Waals surface area (Å²) >= 11 is 1.66. The van der Waals surface area contributed by atoms with Gasteiger partial charge in [-0.1, -0.05) is 0 Å². The molecule has 0 N–H and O–H groups in total. The van der Waals surface area contributed by atoms with E-state index in [2.05, 4.69) is 11.4 Å². The van der Waals surface area contributed by atoms with Crippen LogP contribution in [0.5, 0.6) is 0 Å². The average Bonchev–Trinajstić information content (AvgIpc) is 2.77. The fourth-order valence-corrected chi connectivity index (χ4v) is 3.03. The summed E-state index contributed by atoms with van der Waals surface area (Å²) in [5, 5.41) is 4.13. The third-order valence-electron chi connectivity index (χ3n) is 3.50. The molecule has 104 valence electrons. The number of rotatable bonds is 3. The maximum Gasteiger partial charge on any atom is 0.222 e. The van der Waals surface area contributed by atoms with E-state index in [1.165, 1.54) is 5.56 Å². The number of hydrogen-bond donors (Lipinski definition) is 0. The van der Waals surface area contributed by atoms with Crippen molar-refractivity contribution in [3.63, 3.8) is 0 Å². The van der Waals surface area contributed by atoms with E-state index < -0.39 is 0 Å². The topological polar surface area (TPSA) is 40.6 Å². The van der Waals surface area contributed by atoms with E-state index >= 15 is 0 Å². The van der Waals surface area contributed by atoms with Crippen LogP contribution in [0.4, 0.5) is 0 Å². The second kappa shape index (κ2) is 6.70. The van der Waals surface area contributed by atoms with Gasteiger partial charge in [-0.3, -0.25) is 9.59 Å². The number of carbonyl (C=O) groups is 2. The minimum Gasteiger partial charge on any atom is -0.341 e. The second-order valence-corrected chi connectivity index (χ2v) is 5.65. The van der Waals surface area contributed by atoms with Gasteiger partial charge in [-0.05, 0) is 35.2 Å². The lowest BCUT2D eigenvalue weighted by molar-refractivity contribution is -0.132. The molecule has 2 heterocycles. The van der Waals surface area contributed by atoms with Crippen LogP contribution in [0.25, 0.3) is 0 Å². The molecular formula is C14H20N2O2S. The fourth-order valence-electron chi connectivity index (χ4n) is 2.33. The molecule has 1 aliphatic rings. The third kappa shape index (κ3) is 4.06. The molecule has 0 aromatic carbocycles. The van der Waals surface area contributed by atoms with Crippen molar-refractivity contribution in [1.82, 2.24) is 9.80 Å². The first-order chi connectivity index (χ1) is 9.16. The zero-order valence-corrected chi connectivity index (χ0v) is 12.1. The van der Waals surface area contributed by atoms with Crippen LogP contribution in [0.3, 0.4) is 0 Å². The zero-order chi connectivity index (χ0) is 13.7. The minimum atomic E-state index is 0.104. The van der Waals surface area contributed by atoms with E-state index in [0.29, 0.717) is 19.5 Å². The monoisotopic (exact) mass is 280 g/mol. The summed E-state index contributed by atoms with van der Waals surface area (Å²) in [5.74, 6) is 0.309. The predicted octanol–water partition coefficient (Wildman–Crippen LogP) is 1.76. The quantitative estimate of drug-likeness (QED) is 0.846. The van der Waals surface area contributed by atoms with Crippen molar-refractivity contribution in [3.8, 4) is 0 Å². The summed E-state index contributed by atoms with van der Waals surface area (Å²) < 4.78 is 0. The Morgan fingerprint density at radius 3 is 2.63 bits per heavy atom. The Morgan fingerprint density at radius 2 is 1.95 bits per heavy atom. The Balaban J connectivity index is 1.81. The molecule has 0 saturated carbocycles. The van der Waals surface area contributed by atoms with Crippen LogP contribution in [0.15, 0.2) is 16.8 Å². The highest BCUT2D eigenvalue weighted by Gasteiger charge is 2.19. The third-order valence-corrected chi connectivity index (χ3v) is 4.23. The van der Waals surface area contributed by atoms with E-state index in [-0.39, 0.29) is 11.8 Å². The van der Waals surface area contributed by atoms with Crippen LogP contribution < -0.4 is 0 Å². The van der Waals surface area contributed by atoms with Crippen LogP contribution in [0, 0.1) is 0 Å². The number of hydrogen-bond acceptors (Lipinski definition) is 3. The van der Waals surface area contributed by atoms with Gasteiger partial charge in [0.1, 0.15) is 0 Å². The van der Waals surface area contributed by atoms with Crippen molar-refractivity contribution < 1.29 is 9.59 Å². The van der Waals surface area contributed by atoms with Gasteiger partial charge in [0.05, 0.1) is 0 Å². The molecule has 1 aliphatic heterocycles.